The number of hydrogen-bond acceptors (Lipinski definition) is 6. The Balaban J connectivity index is 1.45. The quantitative estimate of drug-likeness (QED) is 0.290. The molecule has 1 fully saturated rings. The number of ether oxygens (including phenoxy) is 1. The van der Waals surface area contributed by atoms with Gasteiger partial charge in [-0.3, -0.25) is 9.52 Å². The van der Waals surface area contributed by atoms with Crippen LogP contribution < -0.4 is 14.8 Å². The second-order valence-corrected chi connectivity index (χ2v) is 11.4. The third-order valence-electron chi connectivity index (χ3n) is 5.71. The summed E-state index contributed by atoms with van der Waals surface area (Å²) in [5.41, 5.74) is 0.418. The first-order chi connectivity index (χ1) is 17.7. The minimum Gasteiger partial charge on any atom is -0.437 e. The number of carbonyl (C=O) groups is 1. The second-order valence-electron chi connectivity index (χ2n) is 8.48. The van der Waals surface area contributed by atoms with Crippen molar-refractivity contribution in [1.29, 1.82) is 0 Å². The number of halogens is 3. The van der Waals surface area contributed by atoms with Gasteiger partial charge in [0.15, 0.2) is 0 Å². The van der Waals surface area contributed by atoms with Crippen molar-refractivity contribution in [3.05, 3.63) is 75.4 Å². The van der Waals surface area contributed by atoms with Gasteiger partial charge in [-0.1, -0.05) is 40.9 Å². The molecule has 0 atom stereocenters. The summed E-state index contributed by atoms with van der Waals surface area (Å²) in [5, 5.41) is 3.44. The summed E-state index contributed by atoms with van der Waals surface area (Å²) in [5.74, 6) is 0.0298. The molecule has 3 aromatic rings. The molecule has 0 radical (unpaired) electrons. The van der Waals surface area contributed by atoms with Crippen molar-refractivity contribution in [1.82, 2.24) is 15.2 Å². The van der Waals surface area contributed by atoms with Crippen LogP contribution in [0.2, 0.25) is 15.1 Å². The molecule has 196 valence electrons. The van der Waals surface area contributed by atoms with E-state index in [9.17, 15) is 13.2 Å². The lowest BCUT2D eigenvalue weighted by Crippen LogP contribution is -2.28. The van der Waals surface area contributed by atoms with Gasteiger partial charge in [-0.15, -0.1) is 0 Å². The molecule has 2 heterocycles. The van der Waals surface area contributed by atoms with E-state index in [0.717, 1.165) is 26.1 Å². The van der Waals surface area contributed by atoms with Gasteiger partial charge in [0.1, 0.15) is 11.4 Å². The van der Waals surface area contributed by atoms with Crippen LogP contribution >= 0.6 is 34.8 Å². The molecule has 1 saturated heterocycles. The zero-order valence-electron chi connectivity index (χ0n) is 19.7. The first kappa shape index (κ1) is 27.5. The van der Waals surface area contributed by atoms with Crippen LogP contribution in [0.3, 0.4) is 0 Å². The SMILES string of the molecule is O=C(NCCCN1CCCC1)c1cccc(Oc2ncc(Cl)cc2NS(=O)(=O)c2ccc(Cl)c(Cl)c2)c1. The number of aromatic nitrogens is 1. The van der Waals surface area contributed by atoms with Crippen molar-refractivity contribution in [3.8, 4) is 11.6 Å². The van der Waals surface area contributed by atoms with E-state index in [0.29, 0.717) is 17.9 Å². The Morgan fingerprint density at radius 2 is 1.81 bits per heavy atom. The Kier molecular flexibility index (Phi) is 9.15. The first-order valence-electron chi connectivity index (χ1n) is 11.6. The summed E-state index contributed by atoms with van der Waals surface area (Å²) in [6.07, 6.45) is 4.67. The van der Waals surface area contributed by atoms with Crippen molar-refractivity contribution in [2.24, 2.45) is 0 Å². The number of nitrogens with one attached hydrogen (secondary N) is 2. The Morgan fingerprint density at radius 3 is 2.57 bits per heavy atom. The fourth-order valence-corrected chi connectivity index (χ4v) is 5.45. The van der Waals surface area contributed by atoms with E-state index < -0.39 is 10.0 Å². The maximum absolute atomic E-state index is 12.9. The number of benzene rings is 2. The molecule has 0 unspecified atom stereocenters. The highest BCUT2D eigenvalue weighted by molar-refractivity contribution is 7.92. The van der Waals surface area contributed by atoms with Gasteiger partial charge in [0.25, 0.3) is 15.9 Å². The van der Waals surface area contributed by atoms with Gasteiger partial charge in [0.2, 0.25) is 5.88 Å². The zero-order valence-corrected chi connectivity index (χ0v) is 22.8. The Morgan fingerprint density at radius 1 is 1.03 bits per heavy atom. The number of rotatable bonds is 10. The lowest BCUT2D eigenvalue weighted by atomic mass is 10.2. The van der Waals surface area contributed by atoms with E-state index in [1.54, 1.807) is 24.3 Å². The van der Waals surface area contributed by atoms with Crippen molar-refractivity contribution < 1.29 is 17.9 Å². The van der Waals surface area contributed by atoms with Crippen molar-refractivity contribution in [2.45, 2.75) is 24.2 Å². The summed E-state index contributed by atoms with van der Waals surface area (Å²) in [4.78, 5) is 19.0. The summed E-state index contributed by atoms with van der Waals surface area (Å²) in [6, 6.07) is 11.8. The molecule has 1 amide bonds. The minimum atomic E-state index is -4.06. The van der Waals surface area contributed by atoms with Crippen molar-refractivity contribution in [3.63, 3.8) is 0 Å². The Labute approximate surface area is 230 Å². The smallest absolute Gasteiger partial charge is 0.262 e. The fourth-order valence-electron chi connectivity index (χ4n) is 3.85. The number of pyridine rings is 1. The predicted molar refractivity (Wildman–Crippen MR) is 146 cm³/mol. The molecule has 1 aliphatic rings. The molecule has 4 rings (SSSR count). The molecular formula is C25H25Cl3N4O4S. The van der Waals surface area contributed by atoms with Gasteiger partial charge in [0, 0.05) is 18.3 Å². The van der Waals surface area contributed by atoms with Gasteiger partial charge < -0.3 is 15.0 Å². The lowest BCUT2D eigenvalue weighted by Gasteiger charge is -2.15. The molecule has 0 aliphatic carbocycles. The van der Waals surface area contributed by atoms with E-state index in [-0.39, 0.29) is 37.4 Å². The highest BCUT2D eigenvalue weighted by Crippen LogP contribution is 2.32. The maximum atomic E-state index is 12.9. The number of likely N-dealkylation sites (tertiary alicyclic amines) is 1. The van der Waals surface area contributed by atoms with E-state index in [2.05, 4.69) is 19.9 Å². The van der Waals surface area contributed by atoms with E-state index in [1.807, 2.05) is 0 Å². The van der Waals surface area contributed by atoms with E-state index >= 15 is 0 Å². The van der Waals surface area contributed by atoms with Crippen LogP contribution in [-0.2, 0) is 10.0 Å². The number of amides is 1. The largest absolute Gasteiger partial charge is 0.437 e. The average molecular weight is 584 g/mol. The summed E-state index contributed by atoms with van der Waals surface area (Å²) >= 11 is 17.9. The average Bonchev–Trinajstić information content (AvgIpc) is 3.38. The van der Waals surface area contributed by atoms with Crippen LogP contribution in [0.5, 0.6) is 11.6 Å². The van der Waals surface area contributed by atoms with Crippen LogP contribution in [0.1, 0.15) is 29.6 Å². The molecule has 37 heavy (non-hydrogen) atoms. The topological polar surface area (TPSA) is 101 Å². The number of nitrogens with zero attached hydrogens (tertiary/aromatic N) is 2. The van der Waals surface area contributed by atoms with E-state index in [1.165, 1.54) is 43.3 Å². The summed E-state index contributed by atoms with van der Waals surface area (Å²) in [7, 11) is -4.06. The third-order valence-corrected chi connectivity index (χ3v) is 8.02. The van der Waals surface area contributed by atoms with Crippen LogP contribution in [0.4, 0.5) is 5.69 Å². The number of carbonyl (C=O) groups excluding carboxylic acids is 1. The first-order valence-corrected chi connectivity index (χ1v) is 14.2. The minimum absolute atomic E-state index is 0.00957. The predicted octanol–water partition coefficient (Wildman–Crippen LogP) is 5.85. The summed E-state index contributed by atoms with van der Waals surface area (Å²) in [6.45, 7) is 3.78. The summed E-state index contributed by atoms with van der Waals surface area (Å²) < 4.78 is 34.1. The molecule has 1 aliphatic heterocycles. The zero-order chi connectivity index (χ0) is 26.4. The van der Waals surface area contributed by atoms with Gasteiger partial charge in [-0.2, -0.15) is 0 Å². The molecular weight excluding hydrogens is 559 g/mol. The highest BCUT2D eigenvalue weighted by Gasteiger charge is 2.20. The third kappa shape index (κ3) is 7.49. The van der Waals surface area contributed by atoms with Gasteiger partial charge in [-0.25, -0.2) is 13.4 Å². The molecule has 2 N–H and O–H groups in total. The highest BCUT2D eigenvalue weighted by atomic mass is 35.5. The fraction of sp³-hybridized carbons (Fsp3) is 0.280. The van der Waals surface area contributed by atoms with Gasteiger partial charge in [-0.05, 0) is 81.4 Å². The molecule has 8 nitrogen and oxygen atoms in total. The van der Waals surface area contributed by atoms with Crippen molar-refractivity contribution >= 4 is 56.4 Å². The Bertz CT molecular complexity index is 1380. The number of sulfonamides is 1. The van der Waals surface area contributed by atoms with Crippen LogP contribution in [0.25, 0.3) is 0 Å². The molecule has 0 bridgehead atoms. The number of anilines is 1. The molecule has 0 spiro atoms. The van der Waals surface area contributed by atoms with Crippen molar-refractivity contribution in [2.75, 3.05) is 30.9 Å². The standard InChI is InChI=1S/C25H25Cl3N4O4S/c26-18-14-23(31-37(34,35)20-7-8-21(27)22(28)15-20)25(30-16-18)36-19-6-3-5-17(13-19)24(33)29-9-4-12-32-10-1-2-11-32/h3,5-8,13-16,31H,1-2,4,9-12H2,(H,29,33). The van der Waals surface area contributed by atoms with Gasteiger partial charge in [0.05, 0.1) is 20.0 Å². The molecule has 12 heteroatoms. The van der Waals surface area contributed by atoms with E-state index in [4.69, 9.17) is 39.5 Å². The molecule has 0 saturated carbocycles. The maximum Gasteiger partial charge on any atom is 0.262 e. The van der Waals surface area contributed by atoms with Crippen LogP contribution in [-0.4, -0.2) is 50.4 Å². The molecule has 2 aromatic carbocycles. The monoisotopic (exact) mass is 582 g/mol. The Hall–Kier alpha value is -2.56. The number of hydrogen-bond donors (Lipinski definition) is 2. The van der Waals surface area contributed by atoms with Crippen LogP contribution in [0, 0.1) is 0 Å². The second kappa shape index (κ2) is 12.3. The van der Waals surface area contributed by atoms with Crippen LogP contribution in [0.15, 0.2) is 59.6 Å². The molecule has 1 aromatic heterocycles. The lowest BCUT2D eigenvalue weighted by molar-refractivity contribution is 0.0951. The normalized spacial score (nSPS) is 13.9. The van der Waals surface area contributed by atoms with Gasteiger partial charge >= 0.3 is 0 Å².